The Balaban J connectivity index is 1.84. The molecule has 1 N–H and O–H groups in total. The largest absolute Gasteiger partial charge is 0.481 e. The van der Waals surface area contributed by atoms with Gasteiger partial charge in [-0.25, -0.2) is 0 Å². The molecule has 2 aliphatic carbocycles. The molecule has 0 aromatic carbocycles. The molecule has 0 saturated heterocycles. The maximum absolute atomic E-state index is 11.0. The van der Waals surface area contributed by atoms with Crippen LogP contribution in [0.25, 0.3) is 0 Å². The van der Waals surface area contributed by atoms with Crippen LogP contribution in [0.4, 0.5) is 0 Å². The highest BCUT2D eigenvalue weighted by Crippen LogP contribution is 2.57. The zero-order valence-corrected chi connectivity index (χ0v) is 9.99. The molecule has 2 rings (SSSR count). The third-order valence-corrected chi connectivity index (χ3v) is 4.90. The van der Waals surface area contributed by atoms with Gasteiger partial charge in [-0.2, -0.15) is 0 Å². The molecule has 4 unspecified atom stereocenters. The van der Waals surface area contributed by atoms with E-state index in [0.717, 1.165) is 30.6 Å². The smallest absolute Gasteiger partial charge is 0.309 e. The van der Waals surface area contributed by atoms with Gasteiger partial charge in [0.25, 0.3) is 0 Å². The van der Waals surface area contributed by atoms with E-state index in [1.54, 1.807) is 0 Å². The first-order valence-electron chi connectivity index (χ1n) is 6.17. The summed E-state index contributed by atoms with van der Waals surface area (Å²) in [7, 11) is 0. The highest BCUT2D eigenvalue weighted by molar-refractivity contribution is 5.78. The molecule has 0 aromatic heterocycles. The number of carboxylic acid groups (broad SMARTS) is 1. The first-order chi connectivity index (χ1) is 6.93. The van der Waals surface area contributed by atoms with Gasteiger partial charge < -0.3 is 5.11 Å². The molecular weight excluding hydrogens is 188 g/mol. The lowest BCUT2D eigenvalue weighted by atomic mass is 9.95. The zero-order valence-electron chi connectivity index (χ0n) is 9.99. The molecule has 0 aromatic rings. The topological polar surface area (TPSA) is 37.3 Å². The van der Waals surface area contributed by atoms with Gasteiger partial charge in [-0.15, -0.1) is 0 Å². The second kappa shape index (κ2) is 3.50. The summed E-state index contributed by atoms with van der Waals surface area (Å²) >= 11 is 0. The minimum atomic E-state index is -0.591. The molecule has 2 heteroatoms. The Labute approximate surface area is 92.1 Å². The van der Waals surface area contributed by atoms with Gasteiger partial charge in [-0.1, -0.05) is 13.8 Å². The van der Waals surface area contributed by atoms with Gasteiger partial charge in [0.2, 0.25) is 0 Å². The summed E-state index contributed by atoms with van der Waals surface area (Å²) in [5.41, 5.74) is -0.380. The summed E-state index contributed by atoms with van der Waals surface area (Å²) in [6, 6.07) is 0. The first-order valence-corrected chi connectivity index (χ1v) is 6.17. The predicted octanol–water partition coefficient (Wildman–Crippen LogP) is 3.17. The van der Waals surface area contributed by atoms with E-state index in [1.165, 1.54) is 12.8 Å². The molecule has 2 fully saturated rings. The summed E-state index contributed by atoms with van der Waals surface area (Å²) in [5, 5.41) is 9.06. The maximum atomic E-state index is 11.0. The average molecular weight is 210 g/mol. The van der Waals surface area contributed by atoms with E-state index in [-0.39, 0.29) is 5.41 Å². The first kappa shape index (κ1) is 11.0. The number of hydrogen-bond donors (Lipinski definition) is 1. The Hall–Kier alpha value is -0.530. The lowest BCUT2D eigenvalue weighted by Gasteiger charge is -2.10. The van der Waals surface area contributed by atoms with Crippen LogP contribution in [-0.4, -0.2) is 11.1 Å². The highest BCUT2D eigenvalue weighted by atomic mass is 16.4. The Kier molecular flexibility index (Phi) is 2.56. The van der Waals surface area contributed by atoms with Gasteiger partial charge in [0.1, 0.15) is 0 Å². The number of hydrogen-bond acceptors (Lipinski definition) is 1. The number of rotatable bonds is 3. The monoisotopic (exact) mass is 210 g/mol. The average Bonchev–Trinajstić information content (AvgIpc) is 2.67. The third-order valence-electron chi connectivity index (χ3n) is 4.90. The normalized spacial score (nSPS) is 49.3. The van der Waals surface area contributed by atoms with E-state index >= 15 is 0 Å². The van der Waals surface area contributed by atoms with E-state index < -0.39 is 5.97 Å². The second-order valence-electron chi connectivity index (χ2n) is 6.15. The Morgan fingerprint density at radius 3 is 2.27 bits per heavy atom. The number of carboxylic acids is 1. The van der Waals surface area contributed by atoms with Gasteiger partial charge in [-0.3, -0.25) is 4.79 Å². The lowest BCUT2D eigenvalue weighted by molar-refractivity contribution is -0.143. The van der Waals surface area contributed by atoms with E-state index in [0.29, 0.717) is 5.92 Å². The summed E-state index contributed by atoms with van der Waals surface area (Å²) in [6.45, 7) is 6.56. The van der Waals surface area contributed by atoms with Crippen molar-refractivity contribution in [1.29, 1.82) is 0 Å². The molecule has 0 spiro atoms. The number of aliphatic carboxylic acids is 1. The highest BCUT2D eigenvalue weighted by Gasteiger charge is 2.56. The van der Waals surface area contributed by atoms with Gasteiger partial charge in [-0.05, 0) is 56.3 Å². The fourth-order valence-corrected chi connectivity index (χ4v) is 3.27. The lowest BCUT2D eigenvalue weighted by Crippen LogP contribution is -2.14. The molecule has 2 aliphatic rings. The van der Waals surface area contributed by atoms with Crippen molar-refractivity contribution in [1.82, 2.24) is 0 Å². The molecule has 0 heterocycles. The predicted molar refractivity (Wildman–Crippen MR) is 59.5 cm³/mol. The van der Waals surface area contributed by atoms with Crippen LogP contribution in [0.15, 0.2) is 0 Å². The van der Waals surface area contributed by atoms with Crippen LogP contribution < -0.4 is 0 Å². The second-order valence-corrected chi connectivity index (χ2v) is 6.15. The van der Waals surface area contributed by atoms with Crippen LogP contribution in [0.5, 0.6) is 0 Å². The Morgan fingerprint density at radius 2 is 1.87 bits per heavy atom. The molecule has 15 heavy (non-hydrogen) atoms. The van der Waals surface area contributed by atoms with E-state index in [2.05, 4.69) is 13.8 Å². The van der Waals surface area contributed by atoms with Crippen molar-refractivity contribution in [3.05, 3.63) is 0 Å². The van der Waals surface area contributed by atoms with Crippen molar-refractivity contribution in [2.24, 2.45) is 29.1 Å². The van der Waals surface area contributed by atoms with Crippen molar-refractivity contribution in [3.8, 4) is 0 Å². The summed E-state index contributed by atoms with van der Waals surface area (Å²) in [4.78, 5) is 11.0. The standard InChI is InChI=1S/C13H22O2/c1-8-4-10(5-9(8)2)6-11-7-13(11,3)12(14)15/h8-11H,4-7H2,1-3H3,(H,14,15). The van der Waals surface area contributed by atoms with Crippen LogP contribution in [0.2, 0.25) is 0 Å². The van der Waals surface area contributed by atoms with Crippen LogP contribution in [0.1, 0.15) is 46.5 Å². The van der Waals surface area contributed by atoms with Gasteiger partial charge in [0.15, 0.2) is 0 Å². The van der Waals surface area contributed by atoms with Crippen molar-refractivity contribution >= 4 is 5.97 Å². The van der Waals surface area contributed by atoms with Crippen molar-refractivity contribution in [2.45, 2.75) is 46.5 Å². The Bertz CT molecular complexity index is 264. The summed E-state index contributed by atoms with van der Waals surface area (Å²) in [6.07, 6.45) is 4.68. The molecule has 0 amide bonds. The molecule has 0 bridgehead atoms. The van der Waals surface area contributed by atoms with E-state index in [4.69, 9.17) is 5.11 Å². The van der Waals surface area contributed by atoms with Crippen LogP contribution in [0, 0.1) is 29.1 Å². The minimum absolute atomic E-state index is 0.380. The van der Waals surface area contributed by atoms with E-state index in [1.807, 2.05) is 6.92 Å². The molecular formula is C13H22O2. The third kappa shape index (κ3) is 1.91. The summed E-state index contributed by atoms with van der Waals surface area (Å²) in [5.74, 6) is 2.33. The number of carbonyl (C=O) groups is 1. The quantitative estimate of drug-likeness (QED) is 0.776. The van der Waals surface area contributed by atoms with Crippen LogP contribution in [0.3, 0.4) is 0 Å². The Morgan fingerprint density at radius 1 is 1.33 bits per heavy atom. The van der Waals surface area contributed by atoms with Gasteiger partial charge in [0, 0.05) is 0 Å². The molecule has 0 aliphatic heterocycles. The van der Waals surface area contributed by atoms with Crippen LogP contribution in [-0.2, 0) is 4.79 Å². The van der Waals surface area contributed by atoms with Gasteiger partial charge >= 0.3 is 5.97 Å². The molecule has 2 nitrogen and oxygen atoms in total. The molecule has 86 valence electrons. The molecule has 4 atom stereocenters. The SMILES string of the molecule is CC1CC(CC2CC2(C)C(=O)O)CC1C. The minimum Gasteiger partial charge on any atom is -0.481 e. The van der Waals surface area contributed by atoms with Crippen LogP contribution >= 0.6 is 0 Å². The van der Waals surface area contributed by atoms with E-state index in [9.17, 15) is 4.79 Å². The van der Waals surface area contributed by atoms with Crippen molar-refractivity contribution in [2.75, 3.05) is 0 Å². The molecule has 0 radical (unpaired) electrons. The fourth-order valence-electron chi connectivity index (χ4n) is 3.27. The van der Waals surface area contributed by atoms with Gasteiger partial charge in [0.05, 0.1) is 5.41 Å². The fraction of sp³-hybridized carbons (Fsp3) is 0.923. The maximum Gasteiger partial charge on any atom is 0.309 e. The van der Waals surface area contributed by atoms with Crippen molar-refractivity contribution < 1.29 is 9.90 Å². The zero-order chi connectivity index (χ0) is 11.2. The summed E-state index contributed by atoms with van der Waals surface area (Å²) < 4.78 is 0. The molecule has 2 saturated carbocycles. The van der Waals surface area contributed by atoms with Crippen molar-refractivity contribution in [3.63, 3.8) is 0 Å².